The molecule has 6 heteroatoms. The maximum atomic E-state index is 3.92. The molecule has 0 saturated carbocycles. The summed E-state index contributed by atoms with van der Waals surface area (Å²) in [6.45, 7) is 19.1. The SMILES string of the molecule is CC1(C)c2cc(N3c4ccccc4C(C)(C)c4ccccc43)ccc2Nc2ccc(N3c4ccccc4C(C)(C)c4c(-c5ccc6c(c5)c5ccccc5n6-c5ccc6c(c5)C(C)(C)c5cc(-n7c8ccccc8c8ccccc87)ccc5N6)cccc43)cc21. The molecule has 0 unspecified atom stereocenters. The smallest absolute Gasteiger partial charge is 0.0541 e. The second kappa shape index (κ2) is 18.5. The molecule has 0 saturated heterocycles. The minimum absolute atomic E-state index is 0.135. The zero-order valence-corrected chi connectivity index (χ0v) is 52.0. The standard InChI is InChI=1S/C84H68N6/c1-81(2)61-26-12-18-32-76(61)89(77-33-19-13-27-62(77)81)54-39-43-70-66(49-54)83(5,6)67-50-55(40-44-71(67)86-70)90-78-34-20-14-28-63(78)84(7,8)80-56(25-21-35-79(80)90)51-36-45-75-60(46-51)59-24-11-17-31-74(59)88(75)53-38-42-69-65(48-53)82(3,4)64-47-52(37-41-68(64)85-69)87-72-29-15-9-22-57(72)58-23-10-16-30-73(58)87/h9-50,85-86H,1-8H3. The molecule has 0 bridgehead atoms. The molecule has 434 valence electrons. The molecule has 12 aromatic carbocycles. The highest BCUT2D eigenvalue weighted by Crippen LogP contribution is 2.58. The fourth-order valence-corrected chi connectivity index (χ4v) is 16.7. The molecule has 14 aromatic rings. The molecule has 18 rings (SSSR count). The number of nitrogens with one attached hydrogen (secondary N) is 2. The first-order valence-corrected chi connectivity index (χ1v) is 31.8. The van der Waals surface area contributed by atoms with Crippen LogP contribution in [0.5, 0.6) is 0 Å². The number of anilines is 10. The summed E-state index contributed by atoms with van der Waals surface area (Å²) in [6, 6.07) is 95.7. The number of nitrogens with zero attached hydrogens (tertiary/aromatic N) is 4. The first-order chi connectivity index (χ1) is 43.7. The normalized spacial score (nSPS) is 15.8. The van der Waals surface area contributed by atoms with Crippen LogP contribution in [0.25, 0.3) is 66.1 Å². The van der Waals surface area contributed by atoms with E-state index in [2.05, 4.69) is 340 Å². The Morgan fingerprint density at radius 1 is 0.256 bits per heavy atom. The fraction of sp³-hybridized carbons (Fsp3) is 0.143. The molecule has 0 atom stereocenters. The van der Waals surface area contributed by atoms with Gasteiger partial charge in [0.25, 0.3) is 0 Å². The van der Waals surface area contributed by atoms with Gasteiger partial charge in [0.05, 0.1) is 44.8 Å². The Bertz CT molecular complexity index is 5310. The van der Waals surface area contributed by atoms with Crippen molar-refractivity contribution in [3.05, 3.63) is 299 Å². The van der Waals surface area contributed by atoms with Gasteiger partial charge >= 0.3 is 0 Å². The van der Waals surface area contributed by atoms with Crippen LogP contribution in [0.3, 0.4) is 0 Å². The minimum atomic E-state index is -0.346. The topological polar surface area (TPSA) is 40.4 Å². The van der Waals surface area contributed by atoms with Crippen LogP contribution in [-0.4, -0.2) is 9.13 Å². The van der Waals surface area contributed by atoms with E-state index in [0.29, 0.717) is 0 Å². The highest BCUT2D eigenvalue weighted by molar-refractivity contribution is 6.12. The third-order valence-electron chi connectivity index (χ3n) is 21.2. The van der Waals surface area contributed by atoms with Gasteiger partial charge in [-0.3, -0.25) is 0 Å². The van der Waals surface area contributed by atoms with E-state index in [4.69, 9.17) is 0 Å². The Hall–Kier alpha value is -10.6. The molecule has 4 aliphatic heterocycles. The summed E-state index contributed by atoms with van der Waals surface area (Å²) >= 11 is 0. The van der Waals surface area contributed by atoms with Gasteiger partial charge in [0.15, 0.2) is 0 Å². The number of para-hydroxylation sites is 6. The van der Waals surface area contributed by atoms with Crippen LogP contribution in [0.4, 0.5) is 56.9 Å². The Morgan fingerprint density at radius 3 is 1.07 bits per heavy atom. The lowest BCUT2D eigenvalue weighted by Crippen LogP contribution is -2.32. The van der Waals surface area contributed by atoms with Crippen molar-refractivity contribution in [2.75, 3.05) is 20.4 Å². The molecule has 0 radical (unpaired) electrons. The molecule has 6 nitrogen and oxygen atoms in total. The van der Waals surface area contributed by atoms with Gasteiger partial charge in [-0.2, -0.15) is 0 Å². The maximum absolute atomic E-state index is 3.92. The number of aromatic nitrogens is 2. The van der Waals surface area contributed by atoms with Crippen LogP contribution in [0.15, 0.2) is 255 Å². The van der Waals surface area contributed by atoms with Crippen molar-refractivity contribution < 1.29 is 0 Å². The van der Waals surface area contributed by atoms with E-state index in [1.54, 1.807) is 0 Å². The van der Waals surface area contributed by atoms with Crippen molar-refractivity contribution in [1.29, 1.82) is 0 Å². The molecule has 6 heterocycles. The van der Waals surface area contributed by atoms with Crippen molar-refractivity contribution in [1.82, 2.24) is 9.13 Å². The number of fused-ring (bicyclic) bond motifs is 14. The van der Waals surface area contributed by atoms with Gasteiger partial charge in [0.1, 0.15) is 0 Å². The highest BCUT2D eigenvalue weighted by Gasteiger charge is 2.42. The predicted molar refractivity (Wildman–Crippen MR) is 378 cm³/mol. The van der Waals surface area contributed by atoms with Crippen molar-refractivity contribution >= 4 is 100 Å². The molecular formula is C84H68N6. The van der Waals surface area contributed by atoms with Crippen LogP contribution >= 0.6 is 0 Å². The lowest BCUT2D eigenvalue weighted by molar-refractivity contribution is 0.629. The Labute approximate surface area is 525 Å². The average molecular weight is 1160 g/mol. The zero-order valence-electron chi connectivity index (χ0n) is 52.0. The fourth-order valence-electron chi connectivity index (χ4n) is 16.7. The van der Waals surface area contributed by atoms with Crippen LogP contribution in [0.1, 0.15) is 99.9 Å². The highest BCUT2D eigenvalue weighted by atomic mass is 15.2. The zero-order chi connectivity index (χ0) is 60.7. The second-order valence-corrected chi connectivity index (χ2v) is 27.5. The lowest BCUT2D eigenvalue weighted by Gasteiger charge is -2.44. The summed E-state index contributed by atoms with van der Waals surface area (Å²) in [7, 11) is 0. The van der Waals surface area contributed by atoms with Crippen molar-refractivity contribution in [2.45, 2.75) is 77.0 Å². The summed E-state index contributed by atoms with van der Waals surface area (Å²) in [5.74, 6) is 0. The quantitative estimate of drug-likeness (QED) is 0.180. The third kappa shape index (κ3) is 7.21. The van der Waals surface area contributed by atoms with E-state index in [1.807, 2.05) is 0 Å². The van der Waals surface area contributed by atoms with E-state index in [-0.39, 0.29) is 21.7 Å². The Morgan fingerprint density at radius 2 is 0.600 bits per heavy atom. The molecular weight excluding hydrogens is 1090 g/mol. The van der Waals surface area contributed by atoms with Gasteiger partial charge in [-0.15, -0.1) is 0 Å². The van der Waals surface area contributed by atoms with Crippen LogP contribution in [-0.2, 0) is 21.7 Å². The molecule has 0 aliphatic carbocycles. The molecule has 0 amide bonds. The Balaban J connectivity index is 0.728. The number of benzene rings is 12. The van der Waals surface area contributed by atoms with Gasteiger partial charge in [-0.05, 0) is 183 Å². The van der Waals surface area contributed by atoms with Crippen molar-refractivity contribution in [2.24, 2.45) is 0 Å². The first kappa shape index (κ1) is 52.6. The van der Waals surface area contributed by atoms with Crippen LogP contribution < -0.4 is 20.4 Å². The lowest BCUT2D eigenvalue weighted by atomic mass is 9.70. The van der Waals surface area contributed by atoms with Crippen LogP contribution in [0, 0.1) is 0 Å². The number of hydrogen-bond acceptors (Lipinski definition) is 4. The molecule has 4 aliphatic rings. The molecule has 2 aromatic heterocycles. The first-order valence-electron chi connectivity index (χ1n) is 31.8. The van der Waals surface area contributed by atoms with E-state index in [9.17, 15) is 0 Å². The van der Waals surface area contributed by atoms with Gasteiger partial charge < -0.3 is 29.6 Å². The monoisotopic (exact) mass is 1160 g/mol. The van der Waals surface area contributed by atoms with Gasteiger partial charge in [-0.25, -0.2) is 0 Å². The average Bonchev–Trinajstić information content (AvgIpc) is 0.854. The summed E-state index contributed by atoms with van der Waals surface area (Å²) in [4.78, 5) is 5.01. The van der Waals surface area contributed by atoms with Crippen molar-refractivity contribution in [3.8, 4) is 22.5 Å². The maximum Gasteiger partial charge on any atom is 0.0541 e. The largest absolute Gasteiger partial charge is 0.355 e. The Kier molecular flexibility index (Phi) is 10.8. The van der Waals surface area contributed by atoms with Crippen LogP contribution in [0.2, 0.25) is 0 Å². The van der Waals surface area contributed by atoms with E-state index >= 15 is 0 Å². The summed E-state index contributed by atoms with van der Waals surface area (Å²) in [5, 5.41) is 12.8. The summed E-state index contributed by atoms with van der Waals surface area (Å²) < 4.78 is 4.91. The van der Waals surface area contributed by atoms with Gasteiger partial charge in [0.2, 0.25) is 0 Å². The van der Waals surface area contributed by atoms with E-state index < -0.39 is 0 Å². The van der Waals surface area contributed by atoms with Gasteiger partial charge in [0, 0.05) is 88.7 Å². The molecule has 0 spiro atoms. The van der Waals surface area contributed by atoms with Crippen molar-refractivity contribution in [3.63, 3.8) is 0 Å². The predicted octanol–water partition coefficient (Wildman–Crippen LogP) is 22.5. The van der Waals surface area contributed by atoms with E-state index in [0.717, 1.165) is 45.5 Å². The number of rotatable bonds is 5. The molecule has 2 N–H and O–H groups in total. The minimum Gasteiger partial charge on any atom is -0.355 e. The molecule has 0 fully saturated rings. The third-order valence-corrected chi connectivity index (χ3v) is 21.2. The molecule has 90 heavy (non-hydrogen) atoms. The van der Waals surface area contributed by atoms with Gasteiger partial charge in [-0.1, -0.05) is 183 Å². The summed E-state index contributed by atoms with van der Waals surface area (Å²) in [5.41, 5.74) is 30.5. The number of hydrogen-bond donors (Lipinski definition) is 2. The second-order valence-electron chi connectivity index (χ2n) is 27.5. The summed E-state index contributed by atoms with van der Waals surface area (Å²) in [6.07, 6.45) is 0. The van der Waals surface area contributed by atoms with E-state index in [1.165, 1.54) is 122 Å².